The molecule has 0 spiro atoms. The molecule has 0 saturated carbocycles. The van der Waals surface area contributed by atoms with Crippen molar-refractivity contribution in [3.8, 4) is 6.01 Å². The summed E-state index contributed by atoms with van der Waals surface area (Å²) in [7, 11) is 1.48. The molecule has 0 aliphatic heterocycles. The van der Waals surface area contributed by atoms with Gasteiger partial charge in [-0.1, -0.05) is 6.58 Å². The predicted molar refractivity (Wildman–Crippen MR) is 53.2 cm³/mol. The second-order valence-corrected chi connectivity index (χ2v) is 2.93. The van der Waals surface area contributed by atoms with Crippen LogP contribution in [0, 0.1) is 0 Å². The van der Waals surface area contributed by atoms with Crippen LogP contribution in [-0.2, 0) is 16.1 Å². The van der Waals surface area contributed by atoms with E-state index in [1.54, 1.807) is 6.92 Å². The van der Waals surface area contributed by atoms with Crippen molar-refractivity contribution in [3.05, 3.63) is 30.1 Å². The van der Waals surface area contributed by atoms with Gasteiger partial charge in [0.1, 0.15) is 6.61 Å². The van der Waals surface area contributed by atoms with Gasteiger partial charge in [-0.2, -0.15) is 0 Å². The molecule has 0 amide bonds. The molecule has 0 N–H and O–H groups in total. The quantitative estimate of drug-likeness (QED) is 0.547. The van der Waals surface area contributed by atoms with Crippen molar-refractivity contribution >= 4 is 5.97 Å². The molecule has 80 valence electrons. The maximum Gasteiger partial charge on any atom is 0.333 e. The van der Waals surface area contributed by atoms with E-state index in [1.807, 2.05) is 0 Å². The summed E-state index contributed by atoms with van der Waals surface area (Å²) in [5, 5.41) is 0. The average molecular weight is 208 g/mol. The maximum absolute atomic E-state index is 11.1. The monoisotopic (exact) mass is 208 g/mol. The van der Waals surface area contributed by atoms with Crippen LogP contribution in [0.1, 0.15) is 12.5 Å². The molecule has 1 heterocycles. The molecule has 1 aromatic heterocycles. The van der Waals surface area contributed by atoms with Crippen LogP contribution in [0.25, 0.3) is 0 Å². The van der Waals surface area contributed by atoms with Crippen molar-refractivity contribution in [3.63, 3.8) is 0 Å². The Morgan fingerprint density at radius 2 is 2.07 bits per heavy atom. The Morgan fingerprint density at radius 3 is 2.53 bits per heavy atom. The van der Waals surface area contributed by atoms with Crippen LogP contribution >= 0.6 is 0 Å². The molecule has 0 fully saturated rings. The van der Waals surface area contributed by atoms with E-state index in [4.69, 9.17) is 9.47 Å². The van der Waals surface area contributed by atoms with Crippen LogP contribution in [0.2, 0.25) is 0 Å². The van der Waals surface area contributed by atoms with Gasteiger partial charge < -0.3 is 9.47 Å². The highest BCUT2D eigenvalue weighted by atomic mass is 16.5. The van der Waals surface area contributed by atoms with E-state index >= 15 is 0 Å². The fraction of sp³-hybridized carbons (Fsp3) is 0.300. The third-order valence-electron chi connectivity index (χ3n) is 1.58. The normalized spacial score (nSPS) is 9.47. The van der Waals surface area contributed by atoms with Crippen molar-refractivity contribution in [2.45, 2.75) is 13.5 Å². The molecule has 1 aromatic rings. The number of carbonyl (C=O) groups is 1. The summed E-state index contributed by atoms with van der Waals surface area (Å²) < 4.78 is 9.69. The first kappa shape index (κ1) is 11.2. The average Bonchev–Trinajstić information content (AvgIpc) is 2.26. The minimum absolute atomic E-state index is 0.135. The fourth-order valence-electron chi connectivity index (χ4n) is 0.795. The van der Waals surface area contributed by atoms with Crippen molar-refractivity contribution in [1.82, 2.24) is 9.97 Å². The Hall–Kier alpha value is -1.91. The molecule has 0 aliphatic rings. The number of ether oxygens (including phenoxy) is 2. The van der Waals surface area contributed by atoms with E-state index in [1.165, 1.54) is 19.5 Å². The third-order valence-corrected chi connectivity index (χ3v) is 1.58. The molecule has 0 aromatic carbocycles. The Kier molecular flexibility index (Phi) is 3.79. The van der Waals surface area contributed by atoms with Gasteiger partial charge in [0.2, 0.25) is 0 Å². The molecule has 0 unspecified atom stereocenters. The van der Waals surface area contributed by atoms with Gasteiger partial charge in [0, 0.05) is 23.5 Å². The van der Waals surface area contributed by atoms with Crippen molar-refractivity contribution in [2.24, 2.45) is 0 Å². The molecule has 0 bridgehead atoms. The van der Waals surface area contributed by atoms with Crippen LogP contribution in [-0.4, -0.2) is 23.0 Å². The number of hydrogen-bond acceptors (Lipinski definition) is 5. The SMILES string of the molecule is C=C(C)C(=O)OCc1cnc(OC)nc1. The summed E-state index contributed by atoms with van der Waals surface area (Å²) in [5.41, 5.74) is 1.06. The van der Waals surface area contributed by atoms with E-state index in [-0.39, 0.29) is 12.6 Å². The maximum atomic E-state index is 11.1. The second-order valence-electron chi connectivity index (χ2n) is 2.93. The second kappa shape index (κ2) is 5.09. The summed E-state index contributed by atoms with van der Waals surface area (Å²) in [4.78, 5) is 18.8. The summed E-state index contributed by atoms with van der Waals surface area (Å²) in [6, 6.07) is 0.282. The van der Waals surface area contributed by atoms with Gasteiger partial charge in [-0.05, 0) is 6.92 Å². The summed E-state index contributed by atoms with van der Waals surface area (Å²) in [6.45, 7) is 5.19. The van der Waals surface area contributed by atoms with E-state index in [9.17, 15) is 4.79 Å². The smallest absolute Gasteiger partial charge is 0.333 e. The lowest BCUT2D eigenvalue weighted by atomic mass is 10.3. The fourth-order valence-corrected chi connectivity index (χ4v) is 0.795. The van der Waals surface area contributed by atoms with Gasteiger partial charge in [-0.25, -0.2) is 14.8 Å². The summed E-state index contributed by atoms with van der Waals surface area (Å²) >= 11 is 0. The Bertz CT molecular complexity index is 359. The molecule has 0 saturated heterocycles. The topological polar surface area (TPSA) is 61.3 Å². The van der Waals surface area contributed by atoms with Gasteiger partial charge in [-0.3, -0.25) is 0 Å². The Labute approximate surface area is 87.8 Å². The van der Waals surface area contributed by atoms with E-state index in [2.05, 4.69) is 16.5 Å². The van der Waals surface area contributed by atoms with E-state index < -0.39 is 5.97 Å². The number of aromatic nitrogens is 2. The first-order chi connectivity index (χ1) is 7.13. The van der Waals surface area contributed by atoms with Crippen molar-refractivity contribution in [2.75, 3.05) is 7.11 Å². The summed E-state index contributed by atoms with van der Waals surface area (Å²) in [6.07, 6.45) is 3.08. The number of hydrogen-bond donors (Lipinski definition) is 0. The lowest BCUT2D eigenvalue weighted by molar-refractivity contribution is -0.140. The summed E-state index contributed by atoms with van der Waals surface area (Å²) in [5.74, 6) is -0.425. The number of nitrogens with zero attached hydrogens (tertiary/aromatic N) is 2. The lowest BCUT2D eigenvalue weighted by Crippen LogP contribution is -2.05. The minimum Gasteiger partial charge on any atom is -0.467 e. The third kappa shape index (κ3) is 3.38. The first-order valence-corrected chi connectivity index (χ1v) is 4.31. The first-order valence-electron chi connectivity index (χ1n) is 4.31. The minimum atomic E-state index is -0.425. The van der Waals surface area contributed by atoms with Crippen LogP contribution in [0.15, 0.2) is 24.5 Å². The molecule has 1 rings (SSSR count). The predicted octanol–water partition coefficient (Wildman–Crippen LogP) is 1.10. The standard InChI is InChI=1S/C10H12N2O3/c1-7(2)9(13)15-6-8-4-11-10(14-3)12-5-8/h4-5H,1,6H2,2-3H3. The molecule has 15 heavy (non-hydrogen) atoms. The van der Waals surface area contributed by atoms with Gasteiger partial charge >= 0.3 is 12.0 Å². The molecule has 0 atom stereocenters. The number of esters is 1. The molecular weight excluding hydrogens is 196 g/mol. The lowest BCUT2D eigenvalue weighted by Gasteiger charge is -2.03. The van der Waals surface area contributed by atoms with E-state index in [0.29, 0.717) is 11.1 Å². The largest absolute Gasteiger partial charge is 0.467 e. The van der Waals surface area contributed by atoms with Gasteiger partial charge in [0.05, 0.1) is 7.11 Å². The highest BCUT2D eigenvalue weighted by Gasteiger charge is 2.04. The van der Waals surface area contributed by atoms with Crippen LogP contribution in [0.3, 0.4) is 0 Å². The number of methoxy groups -OCH3 is 1. The zero-order valence-electron chi connectivity index (χ0n) is 8.69. The molecule has 0 aliphatic carbocycles. The highest BCUT2D eigenvalue weighted by Crippen LogP contribution is 2.04. The number of rotatable bonds is 4. The zero-order chi connectivity index (χ0) is 11.3. The molecular formula is C10H12N2O3. The molecule has 0 radical (unpaired) electrons. The molecule has 5 heteroatoms. The van der Waals surface area contributed by atoms with Crippen LogP contribution in [0.4, 0.5) is 0 Å². The highest BCUT2D eigenvalue weighted by molar-refractivity contribution is 5.86. The van der Waals surface area contributed by atoms with Gasteiger partial charge in [0.15, 0.2) is 0 Å². The number of carbonyl (C=O) groups excluding carboxylic acids is 1. The Morgan fingerprint density at radius 1 is 1.47 bits per heavy atom. The Balaban J connectivity index is 2.51. The zero-order valence-corrected chi connectivity index (χ0v) is 8.69. The van der Waals surface area contributed by atoms with Gasteiger partial charge in [-0.15, -0.1) is 0 Å². The van der Waals surface area contributed by atoms with Crippen molar-refractivity contribution in [1.29, 1.82) is 0 Å². The van der Waals surface area contributed by atoms with Crippen LogP contribution < -0.4 is 4.74 Å². The van der Waals surface area contributed by atoms with Crippen molar-refractivity contribution < 1.29 is 14.3 Å². The van der Waals surface area contributed by atoms with Crippen LogP contribution in [0.5, 0.6) is 6.01 Å². The van der Waals surface area contributed by atoms with Gasteiger partial charge in [0.25, 0.3) is 0 Å². The van der Waals surface area contributed by atoms with E-state index in [0.717, 1.165) is 0 Å². The molecule has 5 nitrogen and oxygen atoms in total.